The average molecular weight is 463 g/mol. The van der Waals surface area contributed by atoms with E-state index in [2.05, 4.69) is 10.1 Å². The van der Waals surface area contributed by atoms with Gasteiger partial charge in [0.2, 0.25) is 0 Å². The van der Waals surface area contributed by atoms with Crippen molar-refractivity contribution in [2.24, 2.45) is 0 Å². The van der Waals surface area contributed by atoms with Crippen LogP contribution in [0.5, 0.6) is 0 Å². The smallest absolute Gasteiger partial charge is 0.264 e. The van der Waals surface area contributed by atoms with Gasteiger partial charge in [-0.3, -0.25) is 14.2 Å². The average Bonchev–Trinajstić information content (AvgIpc) is 3.40. The minimum atomic E-state index is -0.141. The number of carbonyl (C=O) groups excluding carboxylic acids is 1. The zero-order chi connectivity index (χ0) is 23.1. The predicted octanol–water partition coefficient (Wildman–Crippen LogP) is 3.91. The van der Waals surface area contributed by atoms with Gasteiger partial charge >= 0.3 is 0 Å². The van der Waals surface area contributed by atoms with Gasteiger partial charge in [-0.05, 0) is 49.9 Å². The molecule has 1 atom stereocenters. The standard InChI is InChI=1S/C24H26N6O2S/c1-15-20-22(27-19-7-5-4-6-12-29(19)23(20)31)33-21(15)24(32)28(3)16(2)17-8-10-18(11-9-17)30-14-25-13-26-30/h8-11,13-14,16H,4-7,12H2,1-3H3/t16-/m0/s1. The van der Waals surface area contributed by atoms with Crippen molar-refractivity contribution in [3.8, 4) is 5.69 Å². The Kier molecular flexibility index (Phi) is 5.57. The van der Waals surface area contributed by atoms with Gasteiger partial charge in [-0.25, -0.2) is 14.6 Å². The highest BCUT2D eigenvalue weighted by molar-refractivity contribution is 7.20. The van der Waals surface area contributed by atoms with Crippen LogP contribution < -0.4 is 5.56 Å². The first kappa shape index (κ1) is 21.5. The number of aromatic nitrogens is 5. The highest BCUT2D eigenvalue weighted by atomic mass is 32.1. The second-order valence-corrected chi connectivity index (χ2v) is 9.55. The topological polar surface area (TPSA) is 85.9 Å². The van der Waals surface area contributed by atoms with Crippen LogP contribution in [0.3, 0.4) is 0 Å². The summed E-state index contributed by atoms with van der Waals surface area (Å²) in [6.07, 6.45) is 7.10. The molecule has 170 valence electrons. The summed E-state index contributed by atoms with van der Waals surface area (Å²) in [5.41, 5.74) is 2.64. The lowest BCUT2D eigenvalue weighted by molar-refractivity contribution is 0.0747. The molecule has 1 aliphatic rings. The Bertz CT molecular complexity index is 1370. The Labute approximate surface area is 195 Å². The van der Waals surface area contributed by atoms with E-state index < -0.39 is 0 Å². The number of aryl methyl sites for hydroxylation is 2. The summed E-state index contributed by atoms with van der Waals surface area (Å²) in [4.78, 5) is 38.5. The highest BCUT2D eigenvalue weighted by Gasteiger charge is 2.26. The fourth-order valence-electron chi connectivity index (χ4n) is 4.42. The van der Waals surface area contributed by atoms with Crippen molar-refractivity contribution in [2.45, 2.75) is 52.1 Å². The maximum absolute atomic E-state index is 13.5. The van der Waals surface area contributed by atoms with E-state index in [1.54, 1.807) is 23.0 Å². The molecule has 0 saturated carbocycles. The third kappa shape index (κ3) is 3.76. The first-order valence-electron chi connectivity index (χ1n) is 11.2. The van der Waals surface area contributed by atoms with Crippen LogP contribution in [0.25, 0.3) is 15.9 Å². The Balaban J connectivity index is 1.45. The number of hydrogen-bond acceptors (Lipinski definition) is 6. The molecule has 4 aromatic rings. The second kappa shape index (κ2) is 8.55. The van der Waals surface area contributed by atoms with Crippen LogP contribution in [0.1, 0.15) is 58.9 Å². The van der Waals surface area contributed by atoms with E-state index in [-0.39, 0.29) is 17.5 Å². The van der Waals surface area contributed by atoms with Gasteiger partial charge in [-0.15, -0.1) is 11.3 Å². The van der Waals surface area contributed by atoms with E-state index in [1.807, 2.05) is 42.7 Å². The largest absolute Gasteiger partial charge is 0.334 e. The lowest BCUT2D eigenvalue weighted by atomic mass is 10.1. The summed E-state index contributed by atoms with van der Waals surface area (Å²) in [5, 5.41) is 4.73. The fourth-order valence-corrected chi connectivity index (χ4v) is 5.59. The first-order valence-corrected chi connectivity index (χ1v) is 12.0. The van der Waals surface area contributed by atoms with Crippen molar-refractivity contribution in [2.75, 3.05) is 7.05 Å². The summed E-state index contributed by atoms with van der Waals surface area (Å²) < 4.78 is 3.50. The van der Waals surface area contributed by atoms with Crippen molar-refractivity contribution < 1.29 is 4.79 Å². The molecule has 9 heteroatoms. The molecular weight excluding hydrogens is 436 g/mol. The number of benzene rings is 1. The van der Waals surface area contributed by atoms with Crippen LogP contribution in [-0.4, -0.2) is 42.2 Å². The van der Waals surface area contributed by atoms with Gasteiger partial charge in [0, 0.05) is 20.0 Å². The van der Waals surface area contributed by atoms with Crippen LogP contribution in [-0.2, 0) is 13.0 Å². The Hall–Kier alpha value is -3.33. The van der Waals surface area contributed by atoms with Gasteiger partial charge in [0.15, 0.2) is 0 Å². The summed E-state index contributed by atoms with van der Waals surface area (Å²) in [5.74, 6) is 0.752. The van der Waals surface area contributed by atoms with E-state index in [1.165, 1.54) is 17.7 Å². The third-order valence-corrected chi connectivity index (χ3v) is 7.74. The molecule has 0 bridgehead atoms. The number of carbonyl (C=O) groups is 1. The summed E-state index contributed by atoms with van der Waals surface area (Å²) in [7, 11) is 1.80. The first-order chi connectivity index (χ1) is 16.0. The molecule has 33 heavy (non-hydrogen) atoms. The number of nitrogens with zero attached hydrogens (tertiary/aromatic N) is 6. The van der Waals surface area contributed by atoms with Crippen LogP contribution in [0.4, 0.5) is 0 Å². The molecule has 0 saturated heterocycles. The van der Waals surface area contributed by atoms with Crippen LogP contribution in [0, 0.1) is 6.92 Å². The fraction of sp³-hybridized carbons (Fsp3) is 0.375. The van der Waals surface area contributed by atoms with Gasteiger partial charge < -0.3 is 4.90 Å². The molecule has 0 fully saturated rings. The molecule has 0 aliphatic carbocycles. The molecule has 1 amide bonds. The van der Waals surface area contributed by atoms with E-state index in [0.29, 0.717) is 21.6 Å². The van der Waals surface area contributed by atoms with Crippen LogP contribution in [0.15, 0.2) is 41.7 Å². The van der Waals surface area contributed by atoms with Gasteiger partial charge in [0.25, 0.3) is 11.5 Å². The molecule has 5 rings (SSSR count). The maximum atomic E-state index is 13.5. The van der Waals surface area contributed by atoms with Gasteiger partial charge in [-0.1, -0.05) is 18.6 Å². The van der Waals surface area contributed by atoms with Gasteiger partial charge in [0.1, 0.15) is 23.3 Å². The van der Waals surface area contributed by atoms with E-state index in [0.717, 1.165) is 48.3 Å². The quantitative estimate of drug-likeness (QED) is 0.459. The molecule has 1 aliphatic heterocycles. The summed E-state index contributed by atoms with van der Waals surface area (Å²) >= 11 is 1.33. The van der Waals surface area contributed by atoms with Crippen molar-refractivity contribution in [3.63, 3.8) is 0 Å². The molecule has 0 N–H and O–H groups in total. The predicted molar refractivity (Wildman–Crippen MR) is 128 cm³/mol. The molecule has 8 nitrogen and oxygen atoms in total. The van der Waals surface area contributed by atoms with Crippen molar-refractivity contribution >= 4 is 27.5 Å². The van der Waals surface area contributed by atoms with Gasteiger partial charge in [-0.2, -0.15) is 5.10 Å². The third-order valence-electron chi connectivity index (χ3n) is 6.57. The van der Waals surface area contributed by atoms with Crippen LogP contribution in [0.2, 0.25) is 0 Å². The van der Waals surface area contributed by atoms with E-state index in [4.69, 9.17) is 4.98 Å². The molecular formula is C24H26N6O2S. The number of thiophene rings is 1. The van der Waals surface area contributed by atoms with Crippen LogP contribution >= 0.6 is 11.3 Å². The zero-order valence-corrected chi connectivity index (χ0v) is 19.8. The molecule has 0 radical (unpaired) electrons. The number of hydrogen-bond donors (Lipinski definition) is 0. The molecule has 3 aromatic heterocycles. The zero-order valence-electron chi connectivity index (χ0n) is 19.0. The second-order valence-electron chi connectivity index (χ2n) is 8.56. The molecule has 0 unspecified atom stereocenters. The lowest BCUT2D eigenvalue weighted by Crippen LogP contribution is -2.29. The molecule has 1 aromatic carbocycles. The number of rotatable bonds is 4. The lowest BCUT2D eigenvalue weighted by Gasteiger charge is -2.25. The highest BCUT2D eigenvalue weighted by Crippen LogP contribution is 2.31. The number of fused-ring (bicyclic) bond motifs is 2. The summed E-state index contributed by atoms with van der Waals surface area (Å²) in [6.45, 7) is 4.57. The van der Waals surface area contributed by atoms with Crippen molar-refractivity contribution in [3.05, 3.63) is 69.1 Å². The normalized spacial score (nSPS) is 14.6. The molecule has 4 heterocycles. The van der Waals surface area contributed by atoms with Crippen molar-refractivity contribution in [1.82, 2.24) is 29.2 Å². The molecule has 0 spiro atoms. The number of amides is 1. The minimum absolute atomic E-state index is 0.0101. The summed E-state index contributed by atoms with van der Waals surface area (Å²) in [6, 6.07) is 7.77. The Morgan fingerprint density at radius 2 is 1.97 bits per heavy atom. The SMILES string of the molecule is Cc1c(C(=O)N(C)[C@@H](C)c2ccc(-n3cncn3)cc2)sc2nc3n(c(=O)c12)CCCCC3. The van der Waals surface area contributed by atoms with Gasteiger partial charge in [0.05, 0.1) is 22.0 Å². The van der Waals surface area contributed by atoms with Crippen molar-refractivity contribution in [1.29, 1.82) is 0 Å². The maximum Gasteiger partial charge on any atom is 0.264 e. The van der Waals surface area contributed by atoms with E-state index in [9.17, 15) is 9.59 Å². The minimum Gasteiger partial charge on any atom is -0.334 e. The monoisotopic (exact) mass is 462 g/mol. The van der Waals surface area contributed by atoms with E-state index >= 15 is 0 Å². The Morgan fingerprint density at radius 3 is 2.70 bits per heavy atom. The Morgan fingerprint density at radius 1 is 1.18 bits per heavy atom.